The van der Waals surface area contributed by atoms with Gasteiger partial charge in [-0.2, -0.15) is 0 Å². The van der Waals surface area contributed by atoms with E-state index in [0.717, 1.165) is 30.4 Å². The standard InChI is InChI=1S/C22H20N2O3S/c25-21(23-24-22(26)20-13-17-7-4-8-19(17)28-20)14-27-18-11-9-16(10-12-18)15-5-2-1-3-6-15/h1-3,5-6,9-13H,4,7-8,14H2,(H,23,25)(H,24,26). The average molecular weight is 392 g/mol. The number of fused-ring (bicyclic) bond motifs is 1. The van der Waals surface area contributed by atoms with Gasteiger partial charge in [0.25, 0.3) is 11.8 Å². The summed E-state index contributed by atoms with van der Waals surface area (Å²) in [4.78, 5) is 26.0. The number of benzene rings is 2. The smallest absolute Gasteiger partial charge is 0.279 e. The van der Waals surface area contributed by atoms with E-state index in [1.54, 1.807) is 0 Å². The summed E-state index contributed by atoms with van der Waals surface area (Å²) >= 11 is 1.50. The summed E-state index contributed by atoms with van der Waals surface area (Å²) in [5, 5.41) is 0. The number of nitrogens with one attached hydrogen (secondary N) is 2. The molecular weight excluding hydrogens is 372 g/mol. The zero-order chi connectivity index (χ0) is 19.3. The molecule has 1 heterocycles. The van der Waals surface area contributed by atoms with Gasteiger partial charge in [0.15, 0.2) is 6.61 Å². The lowest BCUT2D eigenvalue weighted by Crippen LogP contribution is -2.43. The fraction of sp³-hybridized carbons (Fsp3) is 0.182. The molecule has 0 unspecified atom stereocenters. The molecule has 0 spiro atoms. The molecule has 5 nitrogen and oxygen atoms in total. The first-order valence-electron chi connectivity index (χ1n) is 9.18. The Balaban J connectivity index is 1.24. The van der Waals surface area contributed by atoms with Crippen LogP contribution < -0.4 is 15.6 Å². The number of thiophene rings is 1. The maximum atomic E-state index is 12.1. The van der Waals surface area contributed by atoms with Gasteiger partial charge in [-0.1, -0.05) is 42.5 Å². The van der Waals surface area contributed by atoms with Crippen LogP contribution in [0.2, 0.25) is 0 Å². The Morgan fingerprint density at radius 3 is 2.43 bits per heavy atom. The maximum absolute atomic E-state index is 12.1. The largest absolute Gasteiger partial charge is 0.484 e. The van der Waals surface area contributed by atoms with E-state index in [9.17, 15) is 9.59 Å². The van der Waals surface area contributed by atoms with E-state index in [1.807, 2.05) is 60.7 Å². The van der Waals surface area contributed by atoms with Gasteiger partial charge in [0.05, 0.1) is 4.88 Å². The number of amides is 2. The first-order chi connectivity index (χ1) is 13.7. The van der Waals surface area contributed by atoms with Crippen LogP contribution in [-0.4, -0.2) is 18.4 Å². The molecule has 142 valence electrons. The first kappa shape index (κ1) is 18.3. The zero-order valence-corrected chi connectivity index (χ0v) is 16.1. The molecule has 1 aliphatic carbocycles. The van der Waals surface area contributed by atoms with Crippen LogP contribution in [0, 0.1) is 0 Å². The van der Waals surface area contributed by atoms with E-state index in [1.165, 1.54) is 21.8 Å². The van der Waals surface area contributed by atoms with Gasteiger partial charge in [-0.25, -0.2) is 0 Å². The van der Waals surface area contributed by atoms with Crippen molar-refractivity contribution in [1.82, 2.24) is 10.9 Å². The van der Waals surface area contributed by atoms with Crippen molar-refractivity contribution < 1.29 is 14.3 Å². The van der Waals surface area contributed by atoms with Crippen LogP contribution in [0.5, 0.6) is 5.75 Å². The fourth-order valence-electron chi connectivity index (χ4n) is 3.19. The van der Waals surface area contributed by atoms with Crippen LogP contribution in [0.1, 0.15) is 26.5 Å². The Labute approximate surface area is 167 Å². The van der Waals surface area contributed by atoms with Crippen molar-refractivity contribution in [3.05, 3.63) is 76.0 Å². The summed E-state index contributed by atoms with van der Waals surface area (Å²) in [5.41, 5.74) is 8.29. The van der Waals surface area contributed by atoms with E-state index in [-0.39, 0.29) is 12.5 Å². The van der Waals surface area contributed by atoms with Crippen LogP contribution in [0.15, 0.2) is 60.7 Å². The van der Waals surface area contributed by atoms with Gasteiger partial charge in [-0.3, -0.25) is 20.4 Å². The van der Waals surface area contributed by atoms with Gasteiger partial charge >= 0.3 is 0 Å². The minimum absolute atomic E-state index is 0.175. The summed E-state index contributed by atoms with van der Waals surface area (Å²) in [7, 11) is 0. The highest BCUT2D eigenvalue weighted by Gasteiger charge is 2.18. The molecule has 4 rings (SSSR count). The third-order valence-electron chi connectivity index (χ3n) is 4.62. The maximum Gasteiger partial charge on any atom is 0.279 e. The molecule has 2 N–H and O–H groups in total. The number of ether oxygens (including phenoxy) is 1. The Morgan fingerprint density at radius 1 is 0.929 bits per heavy atom. The zero-order valence-electron chi connectivity index (χ0n) is 15.2. The van der Waals surface area contributed by atoms with Crippen LogP contribution in [-0.2, 0) is 17.6 Å². The Kier molecular flexibility index (Phi) is 5.39. The van der Waals surface area contributed by atoms with Crippen LogP contribution >= 0.6 is 11.3 Å². The van der Waals surface area contributed by atoms with E-state index in [0.29, 0.717) is 10.6 Å². The molecule has 28 heavy (non-hydrogen) atoms. The van der Waals surface area contributed by atoms with Crippen molar-refractivity contribution in [3.8, 4) is 16.9 Å². The predicted octanol–water partition coefficient (Wildman–Crippen LogP) is 3.74. The van der Waals surface area contributed by atoms with Crippen molar-refractivity contribution in [2.45, 2.75) is 19.3 Å². The number of rotatable bonds is 5. The predicted molar refractivity (Wildman–Crippen MR) is 109 cm³/mol. The van der Waals surface area contributed by atoms with E-state index >= 15 is 0 Å². The second-order valence-electron chi connectivity index (χ2n) is 6.59. The van der Waals surface area contributed by atoms with Crippen LogP contribution in [0.4, 0.5) is 0 Å². The average Bonchev–Trinajstić information content (AvgIpc) is 3.34. The number of hydrogen-bond donors (Lipinski definition) is 2. The number of carbonyl (C=O) groups excluding carboxylic acids is 2. The molecule has 0 radical (unpaired) electrons. The summed E-state index contributed by atoms with van der Waals surface area (Å²) in [6.07, 6.45) is 3.22. The molecule has 1 aliphatic rings. The highest BCUT2D eigenvalue weighted by Crippen LogP contribution is 2.30. The highest BCUT2D eigenvalue weighted by molar-refractivity contribution is 7.14. The third kappa shape index (κ3) is 4.23. The van der Waals surface area contributed by atoms with Crippen molar-refractivity contribution >= 4 is 23.2 Å². The van der Waals surface area contributed by atoms with Gasteiger partial charge in [0.1, 0.15) is 5.75 Å². The Bertz CT molecular complexity index is 959. The molecule has 0 aliphatic heterocycles. The number of hydrazine groups is 1. The molecular formula is C22H20N2O3S. The molecule has 2 amide bonds. The third-order valence-corrected chi connectivity index (χ3v) is 5.85. The summed E-state index contributed by atoms with van der Waals surface area (Å²) < 4.78 is 5.49. The molecule has 0 saturated heterocycles. The normalized spacial score (nSPS) is 12.3. The van der Waals surface area contributed by atoms with Crippen molar-refractivity contribution in [3.63, 3.8) is 0 Å². The lowest BCUT2D eigenvalue weighted by atomic mass is 10.1. The quantitative estimate of drug-likeness (QED) is 0.650. The van der Waals surface area contributed by atoms with Crippen molar-refractivity contribution in [1.29, 1.82) is 0 Å². The van der Waals surface area contributed by atoms with Crippen LogP contribution in [0.25, 0.3) is 11.1 Å². The second kappa shape index (κ2) is 8.27. The summed E-state index contributed by atoms with van der Waals surface area (Å²) in [6.45, 7) is -0.175. The molecule has 0 saturated carbocycles. The van der Waals surface area contributed by atoms with Gasteiger partial charge in [0.2, 0.25) is 0 Å². The second-order valence-corrected chi connectivity index (χ2v) is 7.73. The van der Waals surface area contributed by atoms with Crippen molar-refractivity contribution in [2.75, 3.05) is 6.61 Å². The molecule has 0 atom stereocenters. The minimum atomic E-state index is -0.412. The number of hydrogen-bond acceptors (Lipinski definition) is 4. The Hall–Kier alpha value is -3.12. The SMILES string of the molecule is O=C(COc1ccc(-c2ccccc2)cc1)NNC(=O)c1cc2c(s1)CCC2. The topological polar surface area (TPSA) is 67.4 Å². The monoisotopic (exact) mass is 392 g/mol. The number of carbonyl (C=O) groups is 2. The lowest BCUT2D eigenvalue weighted by molar-refractivity contribution is -0.123. The Morgan fingerprint density at radius 2 is 1.68 bits per heavy atom. The highest BCUT2D eigenvalue weighted by atomic mass is 32.1. The van der Waals surface area contributed by atoms with Gasteiger partial charge in [0, 0.05) is 4.88 Å². The van der Waals surface area contributed by atoms with Gasteiger partial charge in [-0.15, -0.1) is 11.3 Å². The summed E-state index contributed by atoms with van der Waals surface area (Å²) in [6, 6.07) is 19.5. The number of aryl methyl sites for hydroxylation is 2. The molecule has 6 heteroatoms. The minimum Gasteiger partial charge on any atom is -0.484 e. The molecule has 3 aromatic rings. The van der Waals surface area contributed by atoms with E-state index in [2.05, 4.69) is 10.9 Å². The summed E-state index contributed by atoms with van der Waals surface area (Å²) in [5.74, 6) is -0.111. The molecule has 1 aromatic heterocycles. The molecule has 2 aromatic carbocycles. The van der Waals surface area contributed by atoms with E-state index < -0.39 is 5.91 Å². The lowest BCUT2D eigenvalue weighted by Gasteiger charge is -2.09. The molecule has 0 bridgehead atoms. The van der Waals surface area contributed by atoms with E-state index in [4.69, 9.17) is 4.74 Å². The van der Waals surface area contributed by atoms with Crippen molar-refractivity contribution in [2.24, 2.45) is 0 Å². The van der Waals surface area contributed by atoms with Gasteiger partial charge < -0.3 is 4.74 Å². The fourth-order valence-corrected chi connectivity index (χ4v) is 4.34. The molecule has 0 fully saturated rings. The van der Waals surface area contributed by atoms with Crippen LogP contribution in [0.3, 0.4) is 0 Å². The first-order valence-corrected chi connectivity index (χ1v) is 10.00. The van der Waals surface area contributed by atoms with Gasteiger partial charge in [-0.05, 0) is 54.2 Å².